The number of esters is 2. The van der Waals surface area contributed by atoms with Gasteiger partial charge in [-0.1, -0.05) is 18.2 Å². The number of methoxy groups -OCH3 is 2. The van der Waals surface area contributed by atoms with Crippen molar-refractivity contribution in [3.05, 3.63) is 41.0 Å². The highest BCUT2D eigenvalue weighted by Crippen LogP contribution is 2.16. The van der Waals surface area contributed by atoms with Crippen LogP contribution in [0.4, 0.5) is 0 Å². The van der Waals surface area contributed by atoms with Crippen molar-refractivity contribution < 1.29 is 19.1 Å². The van der Waals surface area contributed by atoms with Gasteiger partial charge in [-0.25, -0.2) is 9.59 Å². The molecule has 0 aliphatic rings. The number of carbonyl (C=O) groups is 2. The molecule has 0 fully saturated rings. The normalized spacial score (nSPS) is 10.3. The molecule has 0 heterocycles. The molecule has 0 spiro atoms. The second-order valence-corrected chi connectivity index (χ2v) is 3.29. The standard InChI is InChI=1S/C13H14O4/c1-4-5-9-6-7-10(12(14)16-2)8-11(9)13(15)17-3/h4-8H,1-3H3/b5-4+. The highest BCUT2D eigenvalue weighted by atomic mass is 16.5. The van der Waals surface area contributed by atoms with E-state index in [1.807, 2.05) is 6.92 Å². The smallest absolute Gasteiger partial charge is 0.338 e. The van der Waals surface area contributed by atoms with E-state index in [-0.39, 0.29) is 0 Å². The third kappa shape index (κ3) is 2.93. The summed E-state index contributed by atoms with van der Waals surface area (Å²) in [5, 5.41) is 0. The Morgan fingerprint density at radius 1 is 1.12 bits per heavy atom. The Kier molecular flexibility index (Phi) is 4.46. The third-order valence-electron chi connectivity index (χ3n) is 2.23. The first-order valence-corrected chi connectivity index (χ1v) is 5.07. The zero-order valence-electron chi connectivity index (χ0n) is 10.0. The third-order valence-corrected chi connectivity index (χ3v) is 2.23. The molecule has 0 aliphatic heterocycles. The molecule has 1 aromatic rings. The van der Waals surface area contributed by atoms with Crippen molar-refractivity contribution in [1.29, 1.82) is 0 Å². The van der Waals surface area contributed by atoms with Crippen molar-refractivity contribution in [3.8, 4) is 0 Å². The first-order chi connectivity index (χ1) is 8.13. The van der Waals surface area contributed by atoms with E-state index in [0.717, 1.165) is 0 Å². The van der Waals surface area contributed by atoms with Crippen LogP contribution >= 0.6 is 0 Å². The molecule has 0 saturated heterocycles. The minimum Gasteiger partial charge on any atom is -0.465 e. The second kappa shape index (κ2) is 5.84. The van der Waals surface area contributed by atoms with Crippen LogP contribution in [-0.4, -0.2) is 26.2 Å². The van der Waals surface area contributed by atoms with Gasteiger partial charge in [0.15, 0.2) is 0 Å². The molecule has 0 saturated carbocycles. The second-order valence-electron chi connectivity index (χ2n) is 3.29. The molecule has 4 heteroatoms. The molecule has 0 radical (unpaired) electrons. The topological polar surface area (TPSA) is 52.6 Å². The molecular weight excluding hydrogens is 220 g/mol. The molecule has 0 unspecified atom stereocenters. The van der Waals surface area contributed by atoms with Crippen molar-refractivity contribution in [1.82, 2.24) is 0 Å². The minimum atomic E-state index is -0.484. The maximum Gasteiger partial charge on any atom is 0.338 e. The molecule has 0 aromatic heterocycles. The highest BCUT2D eigenvalue weighted by Gasteiger charge is 2.14. The lowest BCUT2D eigenvalue weighted by Crippen LogP contribution is -2.08. The van der Waals surface area contributed by atoms with Gasteiger partial charge in [-0.15, -0.1) is 0 Å². The summed E-state index contributed by atoms with van der Waals surface area (Å²) in [6.45, 7) is 1.84. The van der Waals surface area contributed by atoms with Crippen LogP contribution in [0.25, 0.3) is 6.08 Å². The van der Waals surface area contributed by atoms with Crippen molar-refractivity contribution in [2.24, 2.45) is 0 Å². The maximum atomic E-state index is 11.6. The number of rotatable bonds is 3. The van der Waals surface area contributed by atoms with E-state index in [9.17, 15) is 9.59 Å². The van der Waals surface area contributed by atoms with Crippen LogP contribution in [0.2, 0.25) is 0 Å². The quantitative estimate of drug-likeness (QED) is 0.753. The van der Waals surface area contributed by atoms with Crippen LogP contribution in [0, 0.1) is 0 Å². The number of hydrogen-bond acceptors (Lipinski definition) is 4. The van der Waals surface area contributed by atoms with Crippen LogP contribution in [0.1, 0.15) is 33.2 Å². The summed E-state index contributed by atoms with van der Waals surface area (Å²) in [6.07, 6.45) is 3.58. The summed E-state index contributed by atoms with van der Waals surface area (Å²) in [5.41, 5.74) is 1.36. The Balaban J connectivity index is 3.28. The Bertz CT molecular complexity index is 460. The summed E-state index contributed by atoms with van der Waals surface area (Å²) >= 11 is 0. The van der Waals surface area contributed by atoms with Gasteiger partial charge < -0.3 is 9.47 Å². The van der Waals surface area contributed by atoms with Crippen LogP contribution < -0.4 is 0 Å². The summed E-state index contributed by atoms with van der Waals surface area (Å²) in [6, 6.07) is 4.75. The molecule has 1 rings (SSSR count). The molecule has 17 heavy (non-hydrogen) atoms. The van der Waals surface area contributed by atoms with Gasteiger partial charge in [-0.2, -0.15) is 0 Å². The molecule has 0 N–H and O–H groups in total. The monoisotopic (exact) mass is 234 g/mol. The largest absolute Gasteiger partial charge is 0.465 e. The highest BCUT2D eigenvalue weighted by molar-refractivity contribution is 5.98. The van der Waals surface area contributed by atoms with E-state index in [0.29, 0.717) is 16.7 Å². The van der Waals surface area contributed by atoms with Gasteiger partial charge in [-0.3, -0.25) is 0 Å². The number of carbonyl (C=O) groups excluding carboxylic acids is 2. The predicted molar refractivity (Wildman–Crippen MR) is 63.8 cm³/mol. The summed E-state index contributed by atoms with van der Waals surface area (Å²) in [7, 11) is 2.59. The van der Waals surface area contributed by atoms with E-state index >= 15 is 0 Å². The van der Waals surface area contributed by atoms with E-state index in [4.69, 9.17) is 0 Å². The Morgan fingerprint density at radius 2 is 1.76 bits per heavy atom. The summed E-state index contributed by atoms with van der Waals surface area (Å²) in [4.78, 5) is 22.9. The molecule has 4 nitrogen and oxygen atoms in total. The van der Waals surface area contributed by atoms with Gasteiger partial charge in [0.05, 0.1) is 25.3 Å². The molecule has 0 aliphatic carbocycles. The molecule has 90 valence electrons. The van der Waals surface area contributed by atoms with Gasteiger partial charge in [0.1, 0.15) is 0 Å². The Hall–Kier alpha value is -2.10. The van der Waals surface area contributed by atoms with Crippen LogP contribution in [0.15, 0.2) is 24.3 Å². The summed E-state index contributed by atoms with van der Waals surface area (Å²) in [5.74, 6) is -0.967. The lowest BCUT2D eigenvalue weighted by Gasteiger charge is -2.06. The zero-order chi connectivity index (χ0) is 12.8. The first-order valence-electron chi connectivity index (χ1n) is 5.07. The van der Waals surface area contributed by atoms with Crippen LogP contribution in [0.3, 0.4) is 0 Å². The lowest BCUT2D eigenvalue weighted by molar-refractivity contribution is 0.0599. The van der Waals surface area contributed by atoms with Crippen molar-refractivity contribution in [3.63, 3.8) is 0 Å². The van der Waals surface area contributed by atoms with E-state index < -0.39 is 11.9 Å². The average molecular weight is 234 g/mol. The zero-order valence-corrected chi connectivity index (χ0v) is 10.0. The van der Waals surface area contributed by atoms with Gasteiger partial charge in [0.2, 0.25) is 0 Å². The average Bonchev–Trinajstić information content (AvgIpc) is 2.37. The van der Waals surface area contributed by atoms with Crippen molar-refractivity contribution >= 4 is 18.0 Å². The Morgan fingerprint density at radius 3 is 2.29 bits per heavy atom. The molecule has 0 amide bonds. The molecular formula is C13H14O4. The van der Waals surface area contributed by atoms with Gasteiger partial charge in [0, 0.05) is 0 Å². The predicted octanol–water partition coefficient (Wildman–Crippen LogP) is 2.29. The minimum absolute atomic E-state index is 0.321. The summed E-state index contributed by atoms with van der Waals surface area (Å²) < 4.78 is 9.26. The SMILES string of the molecule is C/C=C/c1ccc(C(=O)OC)cc1C(=O)OC. The fraction of sp³-hybridized carbons (Fsp3) is 0.231. The lowest BCUT2D eigenvalue weighted by atomic mass is 10.0. The van der Waals surface area contributed by atoms with Crippen LogP contribution in [-0.2, 0) is 9.47 Å². The van der Waals surface area contributed by atoms with E-state index in [1.165, 1.54) is 20.3 Å². The van der Waals surface area contributed by atoms with E-state index in [2.05, 4.69) is 9.47 Å². The van der Waals surface area contributed by atoms with Crippen molar-refractivity contribution in [2.45, 2.75) is 6.92 Å². The van der Waals surface area contributed by atoms with Gasteiger partial charge in [-0.05, 0) is 24.6 Å². The van der Waals surface area contributed by atoms with Gasteiger partial charge in [0.25, 0.3) is 0 Å². The first kappa shape index (κ1) is 13.0. The number of allylic oxidation sites excluding steroid dienone is 1. The fourth-order valence-corrected chi connectivity index (χ4v) is 1.41. The van der Waals surface area contributed by atoms with Crippen molar-refractivity contribution in [2.75, 3.05) is 14.2 Å². The molecule has 0 atom stereocenters. The van der Waals surface area contributed by atoms with Crippen LogP contribution in [0.5, 0.6) is 0 Å². The fourth-order valence-electron chi connectivity index (χ4n) is 1.41. The number of benzene rings is 1. The number of ether oxygens (including phenoxy) is 2. The molecule has 1 aromatic carbocycles. The maximum absolute atomic E-state index is 11.6. The number of hydrogen-bond donors (Lipinski definition) is 0. The van der Waals surface area contributed by atoms with E-state index in [1.54, 1.807) is 24.3 Å². The molecule has 0 bridgehead atoms. The Labute approximate surface area is 99.8 Å². The van der Waals surface area contributed by atoms with Gasteiger partial charge >= 0.3 is 11.9 Å².